The van der Waals surface area contributed by atoms with E-state index in [1.54, 1.807) is 7.11 Å². The molecular weight excluding hydrogens is 252 g/mol. The zero-order valence-electron chi connectivity index (χ0n) is 13.3. The van der Waals surface area contributed by atoms with E-state index in [0.29, 0.717) is 5.92 Å². The number of aliphatic imine (C=N–C) groups is 1. The number of ether oxygens (including phenoxy) is 1. The van der Waals surface area contributed by atoms with Gasteiger partial charge in [0, 0.05) is 46.3 Å². The van der Waals surface area contributed by atoms with Crippen LogP contribution in [0, 0.1) is 11.8 Å². The van der Waals surface area contributed by atoms with Crippen LogP contribution in [-0.2, 0) is 4.74 Å². The lowest BCUT2D eigenvalue weighted by Gasteiger charge is -2.23. The summed E-state index contributed by atoms with van der Waals surface area (Å²) in [6.45, 7) is 9.98. The molecule has 2 unspecified atom stereocenters. The van der Waals surface area contributed by atoms with Crippen LogP contribution < -0.4 is 5.32 Å². The number of likely N-dealkylation sites (tertiary alicyclic amines) is 2. The quantitative estimate of drug-likeness (QED) is 0.600. The number of methoxy groups -OCH3 is 1. The standard InChI is InChI=1S/C15H30N4O/c1-4-18-7-5-13(10-18)9-17-15(16-2)19-8-6-14(11-19)12-20-3/h13-14H,4-12H2,1-3H3,(H,16,17). The maximum atomic E-state index is 5.26. The van der Waals surface area contributed by atoms with Crippen molar-refractivity contribution in [2.45, 2.75) is 19.8 Å². The third-order valence-corrected chi connectivity index (χ3v) is 4.57. The smallest absolute Gasteiger partial charge is 0.193 e. The fourth-order valence-electron chi connectivity index (χ4n) is 3.33. The van der Waals surface area contributed by atoms with Gasteiger partial charge in [0.2, 0.25) is 0 Å². The van der Waals surface area contributed by atoms with Crippen LogP contribution in [0.5, 0.6) is 0 Å². The van der Waals surface area contributed by atoms with E-state index < -0.39 is 0 Å². The number of guanidine groups is 1. The van der Waals surface area contributed by atoms with E-state index >= 15 is 0 Å². The summed E-state index contributed by atoms with van der Waals surface area (Å²) in [5.41, 5.74) is 0. The Bertz CT molecular complexity index is 321. The molecule has 0 radical (unpaired) electrons. The van der Waals surface area contributed by atoms with Crippen molar-refractivity contribution < 1.29 is 4.74 Å². The molecule has 2 heterocycles. The minimum absolute atomic E-state index is 0.653. The Labute approximate surface area is 123 Å². The molecule has 2 fully saturated rings. The maximum absolute atomic E-state index is 5.26. The predicted molar refractivity (Wildman–Crippen MR) is 83.1 cm³/mol. The largest absolute Gasteiger partial charge is 0.384 e. The van der Waals surface area contributed by atoms with Gasteiger partial charge in [-0.2, -0.15) is 0 Å². The average Bonchev–Trinajstić information content (AvgIpc) is 3.09. The van der Waals surface area contributed by atoms with E-state index in [1.807, 2.05) is 7.05 Å². The van der Waals surface area contributed by atoms with Gasteiger partial charge in [0.05, 0.1) is 6.61 Å². The monoisotopic (exact) mass is 282 g/mol. The molecule has 2 rings (SSSR count). The van der Waals surface area contributed by atoms with Crippen molar-refractivity contribution in [3.05, 3.63) is 0 Å². The van der Waals surface area contributed by atoms with E-state index in [0.717, 1.165) is 38.1 Å². The SMILES string of the molecule is CCN1CCC(CNC(=NC)N2CCC(COC)C2)C1. The van der Waals surface area contributed by atoms with Crippen LogP contribution in [0.25, 0.3) is 0 Å². The van der Waals surface area contributed by atoms with Crippen LogP contribution in [0.1, 0.15) is 19.8 Å². The molecule has 0 aromatic carbocycles. The Kier molecular flexibility index (Phi) is 6.10. The lowest BCUT2D eigenvalue weighted by molar-refractivity contribution is 0.157. The molecule has 1 N–H and O–H groups in total. The van der Waals surface area contributed by atoms with Gasteiger partial charge >= 0.3 is 0 Å². The molecule has 116 valence electrons. The highest BCUT2D eigenvalue weighted by Crippen LogP contribution is 2.17. The number of nitrogens with one attached hydrogen (secondary N) is 1. The van der Waals surface area contributed by atoms with Crippen molar-refractivity contribution in [2.24, 2.45) is 16.8 Å². The van der Waals surface area contributed by atoms with Gasteiger partial charge in [0.15, 0.2) is 5.96 Å². The molecule has 2 atom stereocenters. The van der Waals surface area contributed by atoms with Gasteiger partial charge in [0.1, 0.15) is 0 Å². The first-order valence-electron chi connectivity index (χ1n) is 7.93. The summed E-state index contributed by atoms with van der Waals surface area (Å²) >= 11 is 0. The molecule has 0 aromatic heterocycles. The summed E-state index contributed by atoms with van der Waals surface area (Å²) in [5.74, 6) is 2.49. The molecule has 5 heteroatoms. The average molecular weight is 282 g/mol. The molecule has 2 saturated heterocycles. The van der Waals surface area contributed by atoms with Gasteiger partial charge in [0.25, 0.3) is 0 Å². The Morgan fingerprint density at radius 1 is 1.25 bits per heavy atom. The normalized spacial score (nSPS) is 28.4. The predicted octanol–water partition coefficient (Wildman–Crippen LogP) is 0.872. The number of hydrogen-bond donors (Lipinski definition) is 1. The summed E-state index contributed by atoms with van der Waals surface area (Å²) < 4.78 is 5.26. The molecule has 5 nitrogen and oxygen atoms in total. The molecular formula is C15H30N4O. The molecule has 2 aliphatic heterocycles. The molecule has 0 spiro atoms. The van der Waals surface area contributed by atoms with Gasteiger partial charge in [-0.05, 0) is 31.8 Å². The minimum Gasteiger partial charge on any atom is -0.384 e. The molecule has 0 aliphatic carbocycles. The molecule has 0 aromatic rings. The maximum Gasteiger partial charge on any atom is 0.193 e. The lowest BCUT2D eigenvalue weighted by atomic mass is 10.1. The van der Waals surface area contributed by atoms with Gasteiger partial charge in [-0.25, -0.2) is 0 Å². The van der Waals surface area contributed by atoms with E-state index in [1.165, 1.54) is 32.5 Å². The van der Waals surface area contributed by atoms with E-state index in [9.17, 15) is 0 Å². The Morgan fingerprint density at radius 2 is 2.05 bits per heavy atom. The lowest BCUT2D eigenvalue weighted by Crippen LogP contribution is -2.42. The molecule has 2 aliphatic rings. The Morgan fingerprint density at radius 3 is 2.70 bits per heavy atom. The fourth-order valence-corrected chi connectivity index (χ4v) is 3.33. The zero-order valence-corrected chi connectivity index (χ0v) is 13.3. The van der Waals surface area contributed by atoms with Crippen LogP contribution in [-0.4, -0.2) is 75.8 Å². The van der Waals surface area contributed by atoms with Gasteiger partial charge in [-0.1, -0.05) is 6.92 Å². The van der Waals surface area contributed by atoms with Gasteiger partial charge in [-0.3, -0.25) is 4.99 Å². The Balaban J connectivity index is 1.73. The van der Waals surface area contributed by atoms with Gasteiger partial charge < -0.3 is 19.9 Å². The second-order valence-electron chi connectivity index (χ2n) is 6.03. The molecule has 0 saturated carbocycles. The molecule has 0 amide bonds. The van der Waals surface area contributed by atoms with Crippen molar-refractivity contribution in [3.8, 4) is 0 Å². The van der Waals surface area contributed by atoms with Crippen molar-refractivity contribution >= 4 is 5.96 Å². The van der Waals surface area contributed by atoms with Crippen LogP contribution >= 0.6 is 0 Å². The number of nitrogens with zero attached hydrogens (tertiary/aromatic N) is 3. The highest BCUT2D eigenvalue weighted by atomic mass is 16.5. The molecule has 0 bridgehead atoms. The van der Waals surface area contributed by atoms with Crippen LogP contribution in [0.3, 0.4) is 0 Å². The van der Waals surface area contributed by atoms with Crippen molar-refractivity contribution in [1.29, 1.82) is 0 Å². The summed E-state index contributed by atoms with van der Waals surface area (Å²) in [6.07, 6.45) is 2.52. The summed E-state index contributed by atoms with van der Waals surface area (Å²) in [6, 6.07) is 0. The minimum atomic E-state index is 0.653. The third kappa shape index (κ3) is 4.09. The second-order valence-corrected chi connectivity index (χ2v) is 6.03. The van der Waals surface area contributed by atoms with Gasteiger partial charge in [-0.15, -0.1) is 0 Å². The summed E-state index contributed by atoms with van der Waals surface area (Å²) in [5, 5.41) is 3.57. The fraction of sp³-hybridized carbons (Fsp3) is 0.933. The van der Waals surface area contributed by atoms with E-state index in [2.05, 4.69) is 27.0 Å². The first kappa shape index (κ1) is 15.6. The second kappa shape index (κ2) is 7.84. The first-order valence-corrected chi connectivity index (χ1v) is 7.93. The first-order chi connectivity index (χ1) is 9.76. The topological polar surface area (TPSA) is 40.1 Å². The molecule has 20 heavy (non-hydrogen) atoms. The van der Waals surface area contributed by atoms with Crippen LogP contribution in [0.2, 0.25) is 0 Å². The van der Waals surface area contributed by atoms with Crippen molar-refractivity contribution in [2.75, 3.05) is 60.0 Å². The summed E-state index contributed by atoms with van der Waals surface area (Å²) in [4.78, 5) is 9.34. The van der Waals surface area contributed by atoms with E-state index in [4.69, 9.17) is 4.74 Å². The van der Waals surface area contributed by atoms with Crippen molar-refractivity contribution in [3.63, 3.8) is 0 Å². The highest BCUT2D eigenvalue weighted by Gasteiger charge is 2.26. The number of hydrogen-bond acceptors (Lipinski definition) is 3. The van der Waals surface area contributed by atoms with Crippen molar-refractivity contribution in [1.82, 2.24) is 15.1 Å². The van der Waals surface area contributed by atoms with E-state index in [-0.39, 0.29) is 0 Å². The highest BCUT2D eigenvalue weighted by molar-refractivity contribution is 5.80. The van der Waals surface area contributed by atoms with Crippen LogP contribution in [0.4, 0.5) is 0 Å². The third-order valence-electron chi connectivity index (χ3n) is 4.57. The Hall–Kier alpha value is -0.810. The number of rotatable bonds is 5. The zero-order chi connectivity index (χ0) is 14.4. The summed E-state index contributed by atoms with van der Waals surface area (Å²) in [7, 11) is 3.67. The van der Waals surface area contributed by atoms with Crippen LogP contribution in [0.15, 0.2) is 4.99 Å².